The molecule has 0 aliphatic carbocycles. The molecule has 0 saturated carbocycles. The van der Waals surface area contributed by atoms with Crippen molar-refractivity contribution in [1.29, 1.82) is 0 Å². The van der Waals surface area contributed by atoms with Crippen molar-refractivity contribution in [2.24, 2.45) is 4.99 Å². The lowest BCUT2D eigenvalue weighted by Gasteiger charge is -2.12. The van der Waals surface area contributed by atoms with Gasteiger partial charge in [0.25, 0.3) is 0 Å². The third kappa shape index (κ3) is 4.77. The Bertz CT molecular complexity index is 609. The highest BCUT2D eigenvalue weighted by atomic mass is 19.1. The predicted octanol–water partition coefficient (Wildman–Crippen LogP) is 2.70. The van der Waals surface area contributed by atoms with Crippen molar-refractivity contribution >= 4 is 5.96 Å². The van der Waals surface area contributed by atoms with Crippen LogP contribution in [-0.2, 0) is 13.1 Å². The standard InChI is InChI=1S/C17H20FN3O/c1-19-17(20-11-13-3-7-15(18)8-4-13)21-12-14-5-9-16(22-2)10-6-14/h3-10H,11-12H2,1-2H3,(H2,19,20,21). The minimum atomic E-state index is -0.231. The van der Waals surface area contributed by atoms with E-state index in [0.29, 0.717) is 19.0 Å². The van der Waals surface area contributed by atoms with Crippen LogP contribution in [0.15, 0.2) is 53.5 Å². The first-order chi connectivity index (χ1) is 10.7. The van der Waals surface area contributed by atoms with Crippen LogP contribution < -0.4 is 15.4 Å². The number of nitrogens with zero attached hydrogens (tertiary/aromatic N) is 1. The number of hydrogen-bond donors (Lipinski definition) is 2. The zero-order chi connectivity index (χ0) is 15.8. The van der Waals surface area contributed by atoms with Crippen molar-refractivity contribution in [3.05, 3.63) is 65.5 Å². The molecule has 0 saturated heterocycles. The summed E-state index contributed by atoms with van der Waals surface area (Å²) in [4.78, 5) is 4.17. The Morgan fingerprint density at radius 2 is 1.45 bits per heavy atom. The highest BCUT2D eigenvalue weighted by Gasteiger charge is 2.00. The van der Waals surface area contributed by atoms with Gasteiger partial charge in [0.05, 0.1) is 7.11 Å². The maximum Gasteiger partial charge on any atom is 0.191 e. The normalized spacial score (nSPS) is 11.1. The second-order valence-corrected chi connectivity index (χ2v) is 4.75. The van der Waals surface area contributed by atoms with Crippen LogP contribution in [0.25, 0.3) is 0 Å². The molecular formula is C17H20FN3O. The number of aliphatic imine (C=N–C) groups is 1. The molecule has 4 nitrogen and oxygen atoms in total. The maximum atomic E-state index is 12.8. The fourth-order valence-corrected chi connectivity index (χ4v) is 1.94. The largest absolute Gasteiger partial charge is 0.497 e. The van der Waals surface area contributed by atoms with Crippen LogP contribution in [0.4, 0.5) is 4.39 Å². The summed E-state index contributed by atoms with van der Waals surface area (Å²) in [6.07, 6.45) is 0. The Balaban J connectivity index is 1.82. The van der Waals surface area contributed by atoms with E-state index in [1.54, 1.807) is 26.3 Å². The van der Waals surface area contributed by atoms with E-state index in [4.69, 9.17) is 4.74 Å². The minimum Gasteiger partial charge on any atom is -0.497 e. The van der Waals surface area contributed by atoms with Crippen molar-refractivity contribution in [1.82, 2.24) is 10.6 Å². The number of nitrogens with one attached hydrogen (secondary N) is 2. The molecule has 22 heavy (non-hydrogen) atoms. The Kier molecular flexibility index (Phi) is 5.77. The Morgan fingerprint density at radius 1 is 0.955 bits per heavy atom. The summed E-state index contributed by atoms with van der Waals surface area (Å²) in [6, 6.07) is 14.2. The van der Waals surface area contributed by atoms with E-state index in [2.05, 4.69) is 15.6 Å². The number of hydrogen-bond acceptors (Lipinski definition) is 2. The van der Waals surface area contributed by atoms with E-state index in [0.717, 1.165) is 16.9 Å². The molecule has 116 valence electrons. The molecule has 0 heterocycles. The molecule has 0 atom stereocenters. The highest BCUT2D eigenvalue weighted by molar-refractivity contribution is 5.79. The summed E-state index contributed by atoms with van der Waals surface area (Å²) < 4.78 is 18.0. The van der Waals surface area contributed by atoms with Gasteiger partial charge in [-0.2, -0.15) is 0 Å². The Morgan fingerprint density at radius 3 is 1.91 bits per heavy atom. The van der Waals surface area contributed by atoms with Gasteiger partial charge in [0, 0.05) is 20.1 Å². The molecular weight excluding hydrogens is 281 g/mol. The summed E-state index contributed by atoms with van der Waals surface area (Å²) in [5.74, 6) is 1.30. The predicted molar refractivity (Wildman–Crippen MR) is 86.4 cm³/mol. The van der Waals surface area contributed by atoms with E-state index < -0.39 is 0 Å². The molecule has 0 unspecified atom stereocenters. The number of methoxy groups -OCH3 is 1. The van der Waals surface area contributed by atoms with E-state index in [1.807, 2.05) is 24.3 Å². The van der Waals surface area contributed by atoms with Crippen LogP contribution in [0, 0.1) is 5.82 Å². The molecule has 5 heteroatoms. The summed E-state index contributed by atoms with van der Waals surface area (Å²) >= 11 is 0. The first-order valence-corrected chi connectivity index (χ1v) is 7.03. The summed E-state index contributed by atoms with van der Waals surface area (Å²) in [6.45, 7) is 1.25. The van der Waals surface area contributed by atoms with E-state index in [-0.39, 0.29) is 5.82 Å². The van der Waals surface area contributed by atoms with Crippen molar-refractivity contribution < 1.29 is 9.13 Å². The molecule has 0 aliphatic heterocycles. The van der Waals surface area contributed by atoms with Crippen LogP contribution in [0.3, 0.4) is 0 Å². The lowest BCUT2D eigenvalue weighted by atomic mass is 10.2. The van der Waals surface area contributed by atoms with Crippen molar-refractivity contribution in [2.75, 3.05) is 14.2 Å². The van der Waals surface area contributed by atoms with Crippen LogP contribution in [0.5, 0.6) is 5.75 Å². The van der Waals surface area contributed by atoms with E-state index >= 15 is 0 Å². The first kappa shape index (κ1) is 15.8. The van der Waals surface area contributed by atoms with Gasteiger partial charge in [0.15, 0.2) is 5.96 Å². The topological polar surface area (TPSA) is 45.7 Å². The van der Waals surface area contributed by atoms with Crippen molar-refractivity contribution in [3.8, 4) is 5.75 Å². The van der Waals surface area contributed by atoms with E-state index in [1.165, 1.54) is 12.1 Å². The third-order valence-corrected chi connectivity index (χ3v) is 3.22. The molecule has 0 aliphatic rings. The number of rotatable bonds is 5. The van der Waals surface area contributed by atoms with Crippen molar-refractivity contribution in [2.45, 2.75) is 13.1 Å². The lowest BCUT2D eigenvalue weighted by molar-refractivity contribution is 0.414. The van der Waals surface area contributed by atoms with Crippen LogP contribution in [-0.4, -0.2) is 20.1 Å². The molecule has 0 spiro atoms. The lowest BCUT2D eigenvalue weighted by Crippen LogP contribution is -2.36. The van der Waals surface area contributed by atoms with Gasteiger partial charge in [-0.1, -0.05) is 24.3 Å². The van der Waals surface area contributed by atoms with Crippen LogP contribution in [0.2, 0.25) is 0 Å². The molecule has 2 aromatic carbocycles. The molecule has 2 rings (SSSR count). The van der Waals surface area contributed by atoms with Gasteiger partial charge in [-0.3, -0.25) is 4.99 Å². The minimum absolute atomic E-state index is 0.231. The van der Waals surface area contributed by atoms with Gasteiger partial charge < -0.3 is 15.4 Å². The summed E-state index contributed by atoms with van der Waals surface area (Å²) in [5.41, 5.74) is 2.12. The number of ether oxygens (including phenoxy) is 1. The number of guanidine groups is 1. The molecule has 2 aromatic rings. The zero-order valence-corrected chi connectivity index (χ0v) is 12.8. The Labute approximate surface area is 130 Å². The fraction of sp³-hybridized carbons (Fsp3) is 0.235. The number of benzene rings is 2. The average molecular weight is 301 g/mol. The molecule has 0 bridgehead atoms. The second-order valence-electron chi connectivity index (χ2n) is 4.75. The zero-order valence-electron chi connectivity index (χ0n) is 12.8. The molecule has 0 radical (unpaired) electrons. The van der Waals surface area contributed by atoms with Crippen LogP contribution >= 0.6 is 0 Å². The quantitative estimate of drug-likeness (QED) is 0.659. The van der Waals surface area contributed by atoms with Crippen LogP contribution in [0.1, 0.15) is 11.1 Å². The SMILES string of the molecule is CN=C(NCc1ccc(F)cc1)NCc1ccc(OC)cc1. The van der Waals surface area contributed by atoms with Crippen molar-refractivity contribution in [3.63, 3.8) is 0 Å². The molecule has 0 fully saturated rings. The fourth-order valence-electron chi connectivity index (χ4n) is 1.94. The summed E-state index contributed by atoms with van der Waals surface area (Å²) in [7, 11) is 3.36. The van der Waals surface area contributed by atoms with Gasteiger partial charge in [-0.15, -0.1) is 0 Å². The Hall–Kier alpha value is -2.56. The van der Waals surface area contributed by atoms with Gasteiger partial charge in [-0.25, -0.2) is 4.39 Å². The highest BCUT2D eigenvalue weighted by Crippen LogP contribution is 2.10. The maximum absolute atomic E-state index is 12.8. The molecule has 0 amide bonds. The van der Waals surface area contributed by atoms with Gasteiger partial charge in [0.2, 0.25) is 0 Å². The summed E-state index contributed by atoms with van der Waals surface area (Å²) in [5, 5.41) is 6.42. The monoisotopic (exact) mass is 301 g/mol. The second kappa shape index (κ2) is 8.02. The molecule has 0 aromatic heterocycles. The first-order valence-electron chi connectivity index (χ1n) is 7.03. The average Bonchev–Trinajstić information content (AvgIpc) is 2.57. The van der Waals surface area contributed by atoms with Gasteiger partial charge >= 0.3 is 0 Å². The van der Waals surface area contributed by atoms with E-state index in [9.17, 15) is 4.39 Å². The molecule has 2 N–H and O–H groups in total. The van der Waals surface area contributed by atoms with Gasteiger partial charge in [0.1, 0.15) is 11.6 Å². The third-order valence-electron chi connectivity index (χ3n) is 3.22. The van der Waals surface area contributed by atoms with Gasteiger partial charge in [-0.05, 0) is 35.4 Å². The number of halogens is 1. The smallest absolute Gasteiger partial charge is 0.191 e.